The zero-order chi connectivity index (χ0) is 16.0. The van der Waals surface area contributed by atoms with Gasteiger partial charge < -0.3 is 22.8 Å². The lowest BCUT2D eigenvalue weighted by molar-refractivity contribution is -0.0231. The first-order valence-corrected chi connectivity index (χ1v) is 9.95. The van der Waals surface area contributed by atoms with E-state index in [1.807, 2.05) is 0 Å². The second-order valence-corrected chi connectivity index (χ2v) is 8.01. The molecule has 0 N–H and O–H groups in total. The van der Waals surface area contributed by atoms with E-state index < -0.39 is 8.80 Å². The monoisotopic (exact) mass is 322 g/mol. The fourth-order valence-corrected chi connectivity index (χ4v) is 3.20. The van der Waals surface area contributed by atoms with Gasteiger partial charge in [-0.1, -0.05) is 39.5 Å². The zero-order valence-corrected chi connectivity index (χ0v) is 15.5. The number of hydrogen-bond acceptors (Lipinski definition) is 5. The maximum Gasteiger partial charge on any atom is 0.527 e. The Morgan fingerprint density at radius 3 is 2.00 bits per heavy atom. The molecular formula is C15H34O5Si. The van der Waals surface area contributed by atoms with Crippen LogP contribution in [0.4, 0.5) is 0 Å². The van der Waals surface area contributed by atoms with E-state index in [0.29, 0.717) is 12.8 Å². The van der Waals surface area contributed by atoms with Gasteiger partial charge in [0.15, 0.2) is 0 Å². The van der Waals surface area contributed by atoms with E-state index in [2.05, 4.69) is 13.8 Å². The minimum Gasteiger partial charge on any atom is -0.376 e. The quantitative estimate of drug-likeness (QED) is 0.342. The lowest BCUT2D eigenvalue weighted by atomic mass is 10.2. The van der Waals surface area contributed by atoms with Crippen LogP contribution in [-0.4, -0.2) is 55.7 Å². The van der Waals surface area contributed by atoms with Gasteiger partial charge in [-0.3, -0.25) is 0 Å². The van der Waals surface area contributed by atoms with Crippen LogP contribution in [-0.2, 0) is 22.8 Å². The summed E-state index contributed by atoms with van der Waals surface area (Å²) in [6.45, 7) is 5.70. The van der Waals surface area contributed by atoms with Gasteiger partial charge in [0.1, 0.15) is 6.23 Å². The van der Waals surface area contributed by atoms with Crippen LogP contribution < -0.4 is 0 Å². The Hall–Kier alpha value is 0.0169. The van der Waals surface area contributed by atoms with Crippen LogP contribution in [0.15, 0.2) is 0 Å². The maximum absolute atomic E-state index is 5.86. The smallest absolute Gasteiger partial charge is 0.376 e. The fraction of sp³-hybridized carbons (Fsp3) is 1.00. The first kappa shape index (κ1) is 21.0. The topological polar surface area (TPSA) is 46.2 Å². The molecule has 5 nitrogen and oxygen atoms in total. The number of hydrogen-bond donors (Lipinski definition) is 0. The third-order valence-electron chi connectivity index (χ3n) is 3.57. The van der Waals surface area contributed by atoms with Gasteiger partial charge in [0, 0.05) is 27.9 Å². The first-order valence-electron chi connectivity index (χ1n) is 8.02. The van der Waals surface area contributed by atoms with Crippen molar-refractivity contribution in [2.24, 2.45) is 0 Å². The van der Waals surface area contributed by atoms with E-state index in [9.17, 15) is 0 Å². The summed E-state index contributed by atoms with van der Waals surface area (Å²) in [5, 5.41) is 0. The van der Waals surface area contributed by atoms with Gasteiger partial charge >= 0.3 is 8.80 Å². The third kappa shape index (κ3) is 9.60. The molecular weight excluding hydrogens is 288 g/mol. The highest BCUT2D eigenvalue weighted by atomic mass is 28.4. The molecule has 0 spiro atoms. The molecule has 0 aliphatic heterocycles. The highest BCUT2D eigenvalue weighted by molar-refractivity contribution is 6.60. The minimum atomic E-state index is -2.63. The maximum atomic E-state index is 5.86. The summed E-state index contributed by atoms with van der Waals surface area (Å²) in [4.78, 5) is 0. The molecule has 0 saturated heterocycles. The fourth-order valence-electron chi connectivity index (χ4n) is 1.98. The van der Waals surface area contributed by atoms with Gasteiger partial charge in [-0.15, -0.1) is 0 Å². The third-order valence-corrected chi connectivity index (χ3v) is 6.00. The summed E-state index contributed by atoms with van der Waals surface area (Å²) < 4.78 is 27.5. The number of rotatable bonds is 15. The number of ether oxygens (including phenoxy) is 2. The summed E-state index contributed by atoms with van der Waals surface area (Å²) >= 11 is 0. The van der Waals surface area contributed by atoms with E-state index >= 15 is 0 Å². The normalized spacial score (nSPS) is 13.6. The second-order valence-electron chi connectivity index (χ2n) is 5.13. The van der Waals surface area contributed by atoms with Gasteiger partial charge in [-0.25, -0.2) is 0 Å². The lowest BCUT2D eigenvalue weighted by Gasteiger charge is -2.25. The average Bonchev–Trinajstić information content (AvgIpc) is 2.53. The van der Waals surface area contributed by atoms with Gasteiger partial charge in [0.05, 0.1) is 12.7 Å². The van der Waals surface area contributed by atoms with Gasteiger partial charge in [-0.2, -0.15) is 0 Å². The molecule has 1 unspecified atom stereocenters. The van der Waals surface area contributed by atoms with Crippen molar-refractivity contribution in [1.29, 1.82) is 0 Å². The molecule has 0 aromatic heterocycles. The Morgan fingerprint density at radius 2 is 1.48 bits per heavy atom. The van der Waals surface area contributed by atoms with Crippen LogP contribution in [0.5, 0.6) is 0 Å². The van der Waals surface area contributed by atoms with E-state index in [0.717, 1.165) is 19.4 Å². The SMILES string of the molecule is CCCCCCCOC(CC)COC[Si](OC)(OC)OC. The van der Waals surface area contributed by atoms with Crippen molar-refractivity contribution in [3.05, 3.63) is 0 Å². The van der Waals surface area contributed by atoms with Crippen LogP contribution in [0.3, 0.4) is 0 Å². The summed E-state index contributed by atoms with van der Waals surface area (Å²) in [5.41, 5.74) is 0. The Bertz CT molecular complexity index is 216. The molecule has 0 aliphatic rings. The van der Waals surface area contributed by atoms with E-state index in [-0.39, 0.29) is 6.10 Å². The van der Waals surface area contributed by atoms with Gasteiger partial charge in [0.25, 0.3) is 0 Å². The largest absolute Gasteiger partial charge is 0.527 e. The molecule has 0 amide bonds. The van der Waals surface area contributed by atoms with Crippen molar-refractivity contribution < 1.29 is 22.8 Å². The molecule has 21 heavy (non-hydrogen) atoms. The molecule has 1 atom stereocenters. The van der Waals surface area contributed by atoms with Crippen LogP contribution in [0.25, 0.3) is 0 Å². The molecule has 0 bridgehead atoms. The van der Waals surface area contributed by atoms with E-state index in [1.165, 1.54) is 25.7 Å². The van der Waals surface area contributed by atoms with Crippen LogP contribution in [0.1, 0.15) is 52.4 Å². The summed E-state index contributed by atoms with van der Waals surface area (Å²) in [6.07, 6.45) is 7.70. The molecule has 128 valence electrons. The molecule has 0 aromatic rings. The standard InChI is InChI=1S/C15H34O5Si/c1-6-8-9-10-11-12-20-15(7-2)13-19-14-21(16-3,17-4)18-5/h15H,6-14H2,1-5H3. The van der Waals surface area contributed by atoms with Crippen LogP contribution in [0.2, 0.25) is 0 Å². The Kier molecular flexibility index (Phi) is 13.7. The molecule has 0 rings (SSSR count). The molecule has 0 saturated carbocycles. The second kappa shape index (κ2) is 13.7. The average molecular weight is 323 g/mol. The van der Waals surface area contributed by atoms with Gasteiger partial charge in [-0.05, 0) is 12.8 Å². The molecule has 0 aromatic carbocycles. The van der Waals surface area contributed by atoms with E-state index in [4.69, 9.17) is 22.8 Å². The lowest BCUT2D eigenvalue weighted by Crippen LogP contribution is -2.48. The van der Waals surface area contributed by atoms with Crippen molar-refractivity contribution >= 4 is 8.80 Å². The molecule has 0 fully saturated rings. The highest BCUT2D eigenvalue weighted by Gasteiger charge is 2.38. The Morgan fingerprint density at radius 1 is 0.857 bits per heavy atom. The first-order chi connectivity index (χ1) is 10.2. The van der Waals surface area contributed by atoms with Crippen LogP contribution in [0, 0.1) is 0 Å². The van der Waals surface area contributed by atoms with Crippen molar-refractivity contribution in [2.75, 3.05) is 40.8 Å². The molecule has 0 heterocycles. The molecule has 6 heteroatoms. The summed E-state index contributed by atoms with van der Waals surface area (Å²) in [7, 11) is 2.14. The van der Waals surface area contributed by atoms with Crippen LogP contribution >= 0.6 is 0 Å². The Balaban J connectivity index is 3.79. The molecule has 0 aliphatic carbocycles. The predicted octanol–water partition coefficient (Wildman–Crippen LogP) is 3.19. The minimum absolute atomic E-state index is 0.133. The van der Waals surface area contributed by atoms with Gasteiger partial charge in [0.2, 0.25) is 0 Å². The summed E-state index contributed by atoms with van der Waals surface area (Å²) in [5.74, 6) is 0. The van der Waals surface area contributed by atoms with E-state index in [1.54, 1.807) is 21.3 Å². The van der Waals surface area contributed by atoms with Crippen molar-refractivity contribution in [3.8, 4) is 0 Å². The van der Waals surface area contributed by atoms with Crippen molar-refractivity contribution in [2.45, 2.75) is 58.5 Å². The highest BCUT2D eigenvalue weighted by Crippen LogP contribution is 2.09. The zero-order valence-electron chi connectivity index (χ0n) is 14.5. The van der Waals surface area contributed by atoms with Crippen molar-refractivity contribution in [1.82, 2.24) is 0 Å². The van der Waals surface area contributed by atoms with Crippen molar-refractivity contribution in [3.63, 3.8) is 0 Å². The Labute approximate surface area is 131 Å². The predicted molar refractivity (Wildman–Crippen MR) is 86.4 cm³/mol. The molecule has 0 radical (unpaired) electrons. The summed E-state index contributed by atoms with van der Waals surface area (Å²) in [6, 6.07) is 0. The number of unbranched alkanes of at least 4 members (excludes halogenated alkanes) is 4.